The van der Waals surface area contributed by atoms with E-state index in [9.17, 15) is 0 Å². The zero-order chi connectivity index (χ0) is 16.4. The van der Waals surface area contributed by atoms with Crippen molar-refractivity contribution in [1.82, 2.24) is 14.8 Å². The fraction of sp³-hybridized carbons (Fsp3) is 0.500. The molecule has 3 heterocycles. The van der Waals surface area contributed by atoms with Crippen LogP contribution in [0.3, 0.4) is 0 Å². The highest BCUT2D eigenvalue weighted by Crippen LogP contribution is 2.31. The van der Waals surface area contributed by atoms with Gasteiger partial charge in [-0.25, -0.2) is 0 Å². The normalized spacial score (nSPS) is 20.3. The lowest BCUT2D eigenvalue weighted by Gasteiger charge is -2.34. The third-order valence-corrected chi connectivity index (χ3v) is 5.38. The van der Waals surface area contributed by atoms with Gasteiger partial charge in [0.1, 0.15) is 5.75 Å². The van der Waals surface area contributed by atoms with Gasteiger partial charge in [-0.05, 0) is 56.1 Å². The summed E-state index contributed by atoms with van der Waals surface area (Å²) in [5.74, 6) is 0.923. The number of likely N-dealkylation sites (tertiary alicyclic amines) is 1. The van der Waals surface area contributed by atoms with Crippen LogP contribution in [0.15, 0.2) is 30.5 Å². The van der Waals surface area contributed by atoms with Gasteiger partial charge in [-0.2, -0.15) is 0 Å². The predicted octanol–water partition coefficient (Wildman–Crippen LogP) is 3.71. The quantitative estimate of drug-likeness (QED) is 0.930. The largest absolute Gasteiger partial charge is 0.497 e. The van der Waals surface area contributed by atoms with Crippen LogP contribution < -0.4 is 4.74 Å². The second-order valence-electron chi connectivity index (χ2n) is 6.99. The first-order chi connectivity index (χ1) is 11.8. The topological polar surface area (TPSA) is 31.5 Å². The van der Waals surface area contributed by atoms with Gasteiger partial charge in [0.05, 0.1) is 13.8 Å². The number of nitrogens with zero attached hydrogens (tertiary/aromatic N) is 2. The van der Waals surface area contributed by atoms with Crippen molar-refractivity contribution in [3.05, 3.63) is 36.0 Å². The zero-order valence-electron chi connectivity index (χ0n) is 14.6. The Balaban J connectivity index is 1.47. The van der Waals surface area contributed by atoms with E-state index in [1.165, 1.54) is 54.4 Å². The molecule has 1 N–H and O–H groups in total. The molecule has 2 aliphatic rings. The van der Waals surface area contributed by atoms with Gasteiger partial charge in [0, 0.05) is 35.8 Å². The molecule has 1 fully saturated rings. The summed E-state index contributed by atoms with van der Waals surface area (Å²) >= 11 is 0. The fourth-order valence-corrected chi connectivity index (χ4v) is 3.96. The summed E-state index contributed by atoms with van der Waals surface area (Å²) in [6.45, 7) is 5.89. The number of fused-ring (bicyclic) bond motifs is 1. The maximum Gasteiger partial charge on any atom is 0.119 e. The van der Waals surface area contributed by atoms with E-state index in [0.29, 0.717) is 0 Å². The number of ether oxygens (including phenoxy) is 1. The van der Waals surface area contributed by atoms with Crippen molar-refractivity contribution in [3.8, 4) is 5.75 Å². The molecule has 128 valence electrons. The molecule has 4 heteroatoms. The summed E-state index contributed by atoms with van der Waals surface area (Å²) in [7, 11) is 1.73. The summed E-state index contributed by atoms with van der Waals surface area (Å²) in [5.41, 5.74) is 3.98. The highest BCUT2D eigenvalue weighted by atomic mass is 16.5. The highest BCUT2D eigenvalue weighted by Gasteiger charge is 2.18. The summed E-state index contributed by atoms with van der Waals surface area (Å²) in [5, 5.41) is 1.27. The van der Waals surface area contributed by atoms with Crippen molar-refractivity contribution in [2.45, 2.75) is 25.7 Å². The van der Waals surface area contributed by atoms with E-state index in [4.69, 9.17) is 4.74 Å². The lowest BCUT2D eigenvalue weighted by molar-refractivity contribution is 0.121. The monoisotopic (exact) mass is 325 g/mol. The Kier molecular flexibility index (Phi) is 4.58. The van der Waals surface area contributed by atoms with E-state index in [-0.39, 0.29) is 0 Å². The number of methoxy groups -OCH3 is 1. The number of hydrogen-bond acceptors (Lipinski definition) is 3. The van der Waals surface area contributed by atoms with Crippen LogP contribution in [0, 0.1) is 0 Å². The number of aromatic nitrogens is 1. The Labute approximate surface area is 144 Å². The lowest BCUT2D eigenvalue weighted by Crippen LogP contribution is -2.42. The molecule has 1 aromatic heterocycles. The van der Waals surface area contributed by atoms with E-state index in [1.807, 2.05) is 6.07 Å². The minimum Gasteiger partial charge on any atom is -0.497 e. The number of aromatic amines is 1. The molecule has 4 rings (SSSR count). The number of hydrogen-bond donors (Lipinski definition) is 1. The van der Waals surface area contributed by atoms with Gasteiger partial charge >= 0.3 is 0 Å². The van der Waals surface area contributed by atoms with Crippen molar-refractivity contribution in [2.75, 3.05) is 40.0 Å². The summed E-state index contributed by atoms with van der Waals surface area (Å²) in [6, 6.07) is 6.25. The predicted molar refractivity (Wildman–Crippen MR) is 99.3 cm³/mol. The molecule has 1 aromatic carbocycles. The molecule has 4 nitrogen and oxygen atoms in total. The molecule has 0 amide bonds. The number of piperidine rings is 1. The van der Waals surface area contributed by atoms with Gasteiger partial charge in [-0.3, -0.25) is 9.80 Å². The molecule has 0 radical (unpaired) electrons. The number of nitrogens with one attached hydrogen (secondary N) is 1. The number of benzene rings is 1. The Morgan fingerprint density at radius 1 is 1.08 bits per heavy atom. The fourth-order valence-electron chi connectivity index (χ4n) is 3.96. The summed E-state index contributed by atoms with van der Waals surface area (Å²) in [6.07, 6.45) is 9.83. The van der Waals surface area contributed by atoms with Crippen molar-refractivity contribution < 1.29 is 4.74 Å². The van der Waals surface area contributed by atoms with E-state index < -0.39 is 0 Å². The van der Waals surface area contributed by atoms with Gasteiger partial charge in [0.25, 0.3) is 0 Å². The average molecular weight is 325 g/mol. The van der Waals surface area contributed by atoms with Crippen LogP contribution in [0.1, 0.15) is 31.2 Å². The van der Waals surface area contributed by atoms with Crippen LogP contribution >= 0.6 is 0 Å². The first-order valence-corrected chi connectivity index (χ1v) is 9.13. The number of rotatable bonds is 4. The molecule has 2 aliphatic heterocycles. The molecule has 1 saturated heterocycles. The number of H-pyrrole nitrogens is 1. The molecule has 0 saturated carbocycles. The maximum absolute atomic E-state index is 5.39. The van der Waals surface area contributed by atoms with E-state index in [1.54, 1.807) is 7.11 Å². The molecule has 2 aromatic rings. The van der Waals surface area contributed by atoms with Crippen LogP contribution in [0.4, 0.5) is 0 Å². The van der Waals surface area contributed by atoms with E-state index >= 15 is 0 Å². The third-order valence-electron chi connectivity index (χ3n) is 5.38. The minimum absolute atomic E-state index is 0.923. The van der Waals surface area contributed by atoms with Crippen LogP contribution in [-0.2, 0) is 0 Å². The molecular weight excluding hydrogens is 298 g/mol. The summed E-state index contributed by atoms with van der Waals surface area (Å²) < 4.78 is 5.39. The molecule has 0 bridgehead atoms. The Morgan fingerprint density at radius 2 is 1.96 bits per heavy atom. The SMILES string of the molecule is COc1ccc2[nH]cc(C3=CCN(CN4CCCCC4)CC3)c2c1. The van der Waals surface area contributed by atoms with Crippen molar-refractivity contribution in [3.63, 3.8) is 0 Å². The first kappa shape index (κ1) is 15.7. The molecule has 0 atom stereocenters. The van der Waals surface area contributed by atoms with Crippen LogP contribution in [0.5, 0.6) is 5.75 Å². The van der Waals surface area contributed by atoms with Crippen LogP contribution in [0.25, 0.3) is 16.5 Å². The van der Waals surface area contributed by atoms with Crippen LogP contribution in [0.2, 0.25) is 0 Å². The highest BCUT2D eigenvalue weighted by molar-refractivity contribution is 5.93. The Hall–Kier alpha value is -1.78. The molecule has 0 unspecified atom stereocenters. The molecule has 0 aliphatic carbocycles. The Morgan fingerprint density at radius 3 is 2.71 bits per heavy atom. The maximum atomic E-state index is 5.39. The van der Waals surface area contributed by atoms with Crippen LogP contribution in [-0.4, -0.2) is 54.7 Å². The van der Waals surface area contributed by atoms with Gasteiger partial charge in [0.15, 0.2) is 0 Å². The standard InChI is InChI=1S/C20H27N3O/c1-24-17-5-6-20-18(13-17)19(14-21-20)16-7-11-23(12-8-16)15-22-9-3-2-4-10-22/h5-7,13-14,21H,2-4,8-12,15H2,1H3. The zero-order valence-corrected chi connectivity index (χ0v) is 14.6. The second kappa shape index (κ2) is 6.99. The third kappa shape index (κ3) is 3.21. The molecule has 0 spiro atoms. The van der Waals surface area contributed by atoms with Gasteiger partial charge in [0.2, 0.25) is 0 Å². The van der Waals surface area contributed by atoms with Crippen molar-refractivity contribution >= 4 is 16.5 Å². The van der Waals surface area contributed by atoms with E-state index in [0.717, 1.165) is 31.9 Å². The lowest BCUT2D eigenvalue weighted by atomic mass is 9.99. The van der Waals surface area contributed by atoms with Gasteiger partial charge < -0.3 is 9.72 Å². The molecule has 24 heavy (non-hydrogen) atoms. The minimum atomic E-state index is 0.923. The smallest absolute Gasteiger partial charge is 0.119 e. The second-order valence-corrected chi connectivity index (χ2v) is 6.99. The Bertz CT molecular complexity index is 728. The van der Waals surface area contributed by atoms with Gasteiger partial charge in [-0.1, -0.05) is 12.5 Å². The summed E-state index contributed by atoms with van der Waals surface area (Å²) in [4.78, 5) is 8.58. The van der Waals surface area contributed by atoms with Crippen molar-refractivity contribution in [2.24, 2.45) is 0 Å². The van der Waals surface area contributed by atoms with Crippen molar-refractivity contribution in [1.29, 1.82) is 0 Å². The first-order valence-electron chi connectivity index (χ1n) is 9.13. The molecular formula is C20H27N3O. The average Bonchev–Trinajstić information content (AvgIpc) is 3.06. The van der Waals surface area contributed by atoms with E-state index in [2.05, 4.69) is 39.2 Å². The van der Waals surface area contributed by atoms with Gasteiger partial charge in [-0.15, -0.1) is 0 Å².